The first-order valence-corrected chi connectivity index (χ1v) is 8.89. The number of anilines is 1. The van der Waals surface area contributed by atoms with Crippen molar-refractivity contribution >= 4 is 44.7 Å². The molecular formula is C19H19BrN2O4. The molecule has 1 aromatic carbocycles. The number of benzene rings is 1. The van der Waals surface area contributed by atoms with Crippen LogP contribution in [0.15, 0.2) is 51.7 Å². The summed E-state index contributed by atoms with van der Waals surface area (Å²) in [6, 6.07) is 9.29. The topological polar surface area (TPSA) is 75.5 Å². The van der Waals surface area contributed by atoms with Gasteiger partial charge in [-0.15, -0.1) is 0 Å². The molecule has 26 heavy (non-hydrogen) atoms. The molecule has 0 aliphatic rings. The number of amides is 2. The Morgan fingerprint density at radius 3 is 2.62 bits per heavy atom. The van der Waals surface area contributed by atoms with Crippen molar-refractivity contribution in [3.63, 3.8) is 0 Å². The molecule has 0 bridgehead atoms. The number of nitrogens with one attached hydrogen (secondary N) is 1. The van der Waals surface area contributed by atoms with Gasteiger partial charge in [-0.2, -0.15) is 4.90 Å². The van der Waals surface area contributed by atoms with E-state index in [1.165, 1.54) is 6.26 Å². The molecule has 0 saturated carbocycles. The highest BCUT2D eigenvalue weighted by molar-refractivity contribution is 9.10. The highest BCUT2D eigenvalue weighted by Gasteiger charge is 2.32. The first-order chi connectivity index (χ1) is 12.3. The smallest absolute Gasteiger partial charge is 0.424 e. The normalized spacial score (nSPS) is 11.5. The Morgan fingerprint density at radius 2 is 1.96 bits per heavy atom. The van der Waals surface area contributed by atoms with Crippen LogP contribution in [-0.4, -0.2) is 22.6 Å². The van der Waals surface area contributed by atoms with E-state index in [4.69, 9.17) is 9.15 Å². The van der Waals surface area contributed by atoms with Crippen molar-refractivity contribution in [2.24, 2.45) is 0 Å². The third kappa shape index (κ3) is 3.83. The Bertz CT molecular complexity index is 952. The summed E-state index contributed by atoms with van der Waals surface area (Å²) in [7, 11) is 0. The van der Waals surface area contributed by atoms with Gasteiger partial charge < -0.3 is 14.1 Å². The summed E-state index contributed by atoms with van der Waals surface area (Å²) < 4.78 is 11.2. The minimum absolute atomic E-state index is 0.0242. The minimum Gasteiger partial charge on any atom is -0.447 e. The van der Waals surface area contributed by atoms with Crippen molar-refractivity contribution in [2.45, 2.75) is 32.8 Å². The van der Waals surface area contributed by atoms with Crippen LogP contribution in [0.2, 0.25) is 0 Å². The monoisotopic (exact) mass is 418 g/mol. The summed E-state index contributed by atoms with van der Waals surface area (Å²) in [5.41, 5.74) is 0.982. The van der Waals surface area contributed by atoms with Crippen molar-refractivity contribution in [2.75, 3.05) is 4.90 Å². The number of fused-ring (bicyclic) bond motifs is 1. The molecule has 0 aliphatic carbocycles. The molecule has 3 rings (SSSR count). The van der Waals surface area contributed by atoms with Crippen LogP contribution in [0.5, 0.6) is 0 Å². The lowest BCUT2D eigenvalue weighted by molar-refractivity contribution is -0.117. The van der Waals surface area contributed by atoms with E-state index in [-0.39, 0.29) is 12.3 Å². The maximum atomic E-state index is 13.0. The lowest BCUT2D eigenvalue weighted by Gasteiger charge is -2.25. The fourth-order valence-corrected chi connectivity index (χ4v) is 2.95. The molecule has 0 aliphatic heterocycles. The van der Waals surface area contributed by atoms with Crippen molar-refractivity contribution in [3.05, 3.63) is 52.8 Å². The SMILES string of the molecule is CC(C)(C)OC(=O)N(C(=O)Cc1c[nH]c2ccccc12)c1occc1Br. The molecule has 2 heterocycles. The summed E-state index contributed by atoms with van der Waals surface area (Å²) in [5, 5.41) is 0.934. The lowest BCUT2D eigenvalue weighted by Crippen LogP contribution is -2.41. The Hall–Kier alpha value is -2.54. The Balaban J connectivity index is 1.92. The van der Waals surface area contributed by atoms with Crippen LogP contribution >= 0.6 is 15.9 Å². The van der Waals surface area contributed by atoms with Crippen molar-refractivity contribution in [1.29, 1.82) is 0 Å². The number of furan rings is 1. The molecule has 136 valence electrons. The third-order valence-electron chi connectivity index (χ3n) is 3.64. The Labute approximate surface area is 159 Å². The van der Waals surface area contributed by atoms with Crippen LogP contribution in [0, 0.1) is 0 Å². The second kappa shape index (κ2) is 6.99. The number of ether oxygens (including phenoxy) is 1. The van der Waals surface area contributed by atoms with Gasteiger partial charge >= 0.3 is 6.09 Å². The van der Waals surface area contributed by atoms with Gasteiger partial charge in [-0.05, 0) is 54.4 Å². The molecule has 1 N–H and O–H groups in total. The highest BCUT2D eigenvalue weighted by Crippen LogP contribution is 2.30. The Morgan fingerprint density at radius 1 is 1.23 bits per heavy atom. The predicted octanol–water partition coefficient (Wildman–Crippen LogP) is 5.03. The second-order valence-corrected chi connectivity index (χ2v) is 7.67. The average molecular weight is 419 g/mol. The maximum absolute atomic E-state index is 13.0. The van der Waals surface area contributed by atoms with Gasteiger partial charge in [0.25, 0.3) is 0 Å². The van der Waals surface area contributed by atoms with E-state index in [2.05, 4.69) is 20.9 Å². The number of aromatic amines is 1. The molecule has 0 fully saturated rings. The van der Waals surface area contributed by atoms with Gasteiger partial charge in [-0.3, -0.25) is 4.79 Å². The number of carbonyl (C=O) groups is 2. The number of imide groups is 1. The van der Waals surface area contributed by atoms with Crippen molar-refractivity contribution in [3.8, 4) is 0 Å². The number of H-pyrrole nitrogens is 1. The van der Waals surface area contributed by atoms with Crippen LogP contribution in [-0.2, 0) is 16.0 Å². The summed E-state index contributed by atoms with van der Waals surface area (Å²) in [4.78, 5) is 29.7. The molecule has 3 aromatic rings. The van der Waals surface area contributed by atoms with E-state index in [1.807, 2.05) is 24.3 Å². The number of carbonyl (C=O) groups excluding carboxylic acids is 2. The first kappa shape index (κ1) is 18.3. The molecule has 0 spiro atoms. The zero-order chi connectivity index (χ0) is 18.9. The molecule has 6 nitrogen and oxygen atoms in total. The van der Waals surface area contributed by atoms with Gasteiger partial charge in [0.05, 0.1) is 17.2 Å². The molecule has 2 amide bonds. The van der Waals surface area contributed by atoms with Crippen LogP contribution in [0.25, 0.3) is 10.9 Å². The standard InChI is InChI=1S/C19H19BrN2O4/c1-19(2,3)26-18(24)22(17-14(20)8-9-25-17)16(23)10-12-11-21-15-7-5-4-6-13(12)15/h4-9,11,21H,10H2,1-3H3. The summed E-state index contributed by atoms with van der Waals surface area (Å²) in [6.07, 6.45) is 2.41. The first-order valence-electron chi connectivity index (χ1n) is 8.10. The van der Waals surface area contributed by atoms with E-state index < -0.39 is 17.6 Å². The van der Waals surface area contributed by atoms with E-state index in [0.29, 0.717) is 4.47 Å². The average Bonchev–Trinajstić information content (AvgIpc) is 3.13. The van der Waals surface area contributed by atoms with E-state index >= 15 is 0 Å². The van der Waals surface area contributed by atoms with Crippen LogP contribution in [0.1, 0.15) is 26.3 Å². The number of halogens is 1. The predicted molar refractivity (Wildman–Crippen MR) is 102 cm³/mol. The molecule has 2 aromatic heterocycles. The molecule has 0 atom stereocenters. The third-order valence-corrected chi connectivity index (χ3v) is 4.25. The zero-order valence-electron chi connectivity index (χ0n) is 14.7. The summed E-state index contributed by atoms with van der Waals surface area (Å²) in [5.74, 6) is -0.344. The van der Waals surface area contributed by atoms with Gasteiger partial charge in [-0.1, -0.05) is 18.2 Å². The summed E-state index contributed by atoms with van der Waals surface area (Å²) >= 11 is 3.30. The molecule has 0 saturated heterocycles. The minimum atomic E-state index is -0.780. The summed E-state index contributed by atoms with van der Waals surface area (Å²) in [6.45, 7) is 5.22. The number of aromatic nitrogens is 1. The van der Waals surface area contributed by atoms with Gasteiger partial charge in [0.15, 0.2) is 0 Å². The number of hydrogen-bond acceptors (Lipinski definition) is 4. The second-order valence-electron chi connectivity index (χ2n) is 6.82. The van der Waals surface area contributed by atoms with Crippen LogP contribution in [0.3, 0.4) is 0 Å². The van der Waals surface area contributed by atoms with E-state index in [9.17, 15) is 9.59 Å². The number of hydrogen-bond donors (Lipinski definition) is 1. The van der Waals surface area contributed by atoms with E-state index in [1.54, 1.807) is 33.0 Å². The van der Waals surface area contributed by atoms with Gasteiger partial charge in [0.2, 0.25) is 11.8 Å². The maximum Gasteiger partial charge on any atom is 0.424 e. The van der Waals surface area contributed by atoms with Gasteiger partial charge in [0.1, 0.15) is 5.60 Å². The molecule has 0 radical (unpaired) electrons. The zero-order valence-corrected chi connectivity index (χ0v) is 16.3. The highest BCUT2D eigenvalue weighted by atomic mass is 79.9. The molecule has 0 unspecified atom stereocenters. The fraction of sp³-hybridized carbons (Fsp3) is 0.263. The van der Waals surface area contributed by atoms with Crippen LogP contribution < -0.4 is 4.90 Å². The molecular weight excluding hydrogens is 400 g/mol. The number of nitrogens with zero attached hydrogens (tertiary/aromatic N) is 1. The van der Waals surface area contributed by atoms with E-state index in [0.717, 1.165) is 21.4 Å². The molecule has 7 heteroatoms. The largest absolute Gasteiger partial charge is 0.447 e. The quantitative estimate of drug-likeness (QED) is 0.646. The fourth-order valence-electron chi connectivity index (χ4n) is 2.57. The van der Waals surface area contributed by atoms with Crippen LogP contribution in [0.4, 0.5) is 10.7 Å². The van der Waals surface area contributed by atoms with Gasteiger partial charge in [0, 0.05) is 17.1 Å². The van der Waals surface area contributed by atoms with Crippen molar-refractivity contribution < 1.29 is 18.7 Å². The number of para-hydroxylation sites is 1. The Kier molecular flexibility index (Phi) is 4.91. The van der Waals surface area contributed by atoms with Gasteiger partial charge in [-0.25, -0.2) is 4.79 Å². The van der Waals surface area contributed by atoms with Crippen molar-refractivity contribution in [1.82, 2.24) is 4.98 Å². The number of rotatable bonds is 3. The lowest BCUT2D eigenvalue weighted by atomic mass is 10.1.